The van der Waals surface area contributed by atoms with Crippen LogP contribution in [-0.2, 0) is 11.2 Å². The number of nitrogens with zero attached hydrogens (tertiary/aromatic N) is 1. The summed E-state index contributed by atoms with van der Waals surface area (Å²) in [4.78, 5) is 14.2. The molecule has 1 aromatic carbocycles. The minimum atomic E-state index is 0. The Bertz CT molecular complexity index is 426. The Hall–Kier alpha value is -0.770. The molecule has 1 aliphatic rings. The lowest BCUT2D eigenvalue weighted by molar-refractivity contribution is -0.133. The second kappa shape index (κ2) is 7.73. The molecule has 0 saturated carbocycles. The molecular weight excluding hydrogens is 283 g/mol. The Morgan fingerprint density at radius 2 is 2.21 bits per heavy atom. The smallest absolute Gasteiger partial charge is 0.227 e. The maximum absolute atomic E-state index is 12.3. The van der Waals surface area contributed by atoms with E-state index in [-0.39, 0.29) is 24.4 Å². The Morgan fingerprint density at radius 1 is 1.42 bits per heavy atom. The highest BCUT2D eigenvalue weighted by Gasteiger charge is 2.25. The number of halogens is 2. The lowest BCUT2D eigenvalue weighted by atomic mass is 10.0. The minimum Gasteiger partial charge on any atom is -0.338 e. The number of amides is 1. The third-order valence-electron chi connectivity index (χ3n) is 3.46. The highest BCUT2D eigenvalue weighted by atomic mass is 35.5. The number of carbonyl (C=O) groups is 1. The number of carbonyl (C=O) groups excluding carboxylic acids is 1. The number of nitrogens with two attached hydrogens (primary N) is 1. The first kappa shape index (κ1) is 16.3. The van der Waals surface area contributed by atoms with Crippen LogP contribution >= 0.6 is 24.0 Å². The monoisotopic (exact) mass is 302 g/mol. The molecule has 1 unspecified atom stereocenters. The van der Waals surface area contributed by atoms with Crippen molar-refractivity contribution in [2.75, 3.05) is 13.1 Å². The first-order valence-electron chi connectivity index (χ1n) is 6.44. The summed E-state index contributed by atoms with van der Waals surface area (Å²) >= 11 is 5.93. The minimum absolute atomic E-state index is 0. The molecule has 5 heteroatoms. The zero-order valence-electron chi connectivity index (χ0n) is 10.8. The van der Waals surface area contributed by atoms with E-state index in [1.807, 2.05) is 29.2 Å². The molecule has 106 valence electrons. The van der Waals surface area contributed by atoms with E-state index in [4.69, 9.17) is 17.3 Å². The van der Waals surface area contributed by atoms with Crippen LogP contribution in [0.4, 0.5) is 0 Å². The molecule has 0 aromatic heterocycles. The fourth-order valence-corrected chi connectivity index (χ4v) is 2.71. The third-order valence-corrected chi connectivity index (χ3v) is 3.70. The van der Waals surface area contributed by atoms with E-state index >= 15 is 0 Å². The van der Waals surface area contributed by atoms with Gasteiger partial charge in [0, 0.05) is 24.2 Å². The summed E-state index contributed by atoms with van der Waals surface area (Å²) in [6.45, 7) is 1.39. The number of rotatable bonds is 3. The van der Waals surface area contributed by atoms with Crippen LogP contribution in [0.1, 0.15) is 24.8 Å². The van der Waals surface area contributed by atoms with Gasteiger partial charge in [-0.1, -0.05) is 23.7 Å². The molecular formula is C14H20Cl2N2O. The van der Waals surface area contributed by atoms with Crippen LogP contribution < -0.4 is 5.73 Å². The van der Waals surface area contributed by atoms with Crippen molar-refractivity contribution in [3.05, 3.63) is 34.9 Å². The predicted octanol–water partition coefficient (Wildman–Crippen LogP) is 2.64. The van der Waals surface area contributed by atoms with Gasteiger partial charge in [-0.3, -0.25) is 4.79 Å². The van der Waals surface area contributed by atoms with Gasteiger partial charge in [0.05, 0.1) is 6.42 Å². The summed E-state index contributed by atoms with van der Waals surface area (Å²) in [6.07, 6.45) is 3.69. The lowest BCUT2D eigenvalue weighted by Gasteiger charge is -2.35. The highest BCUT2D eigenvalue weighted by Crippen LogP contribution is 2.18. The molecule has 0 aliphatic carbocycles. The van der Waals surface area contributed by atoms with Crippen LogP contribution in [0.2, 0.25) is 5.02 Å². The number of benzene rings is 1. The summed E-state index contributed by atoms with van der Waals surface area (Å²) in [5.41, 5.74) is 6.70. The van der Waals surface area contributed by atoms with Crippen LogP contribution in [0, 0.1) is 0 Å². The van der Waals surface area contributed by atoms with Crippen molar-refractivity contribution in [3.63, 3.8) is 0 Å². The number of likely N-dealkylation sites (tertiary alicyclic amines) is 1. The first-order chi connectivity index (χ1) is 8.70. The van der Waals surface area contributed by atoms with Crippen LogP contribution in [0.5, 0.6) is 0 Å². The van der Waals surface area contributed by atoms with Gasteiger partial charge in [-0.2, -0.15) is 0 Å². The molecule has 2 rings (SSSR count). The van der Waals surface area contributed by atoms with Gasteiger partial charge in [-0.05, 0) is 37.0 Å². The molecule has 1 atom stereocenters. The summed E-state index contributed by atoms with van der Waals surface area (Å²) in [5.74, 6) is 0.160. The van der Waals surface area contributed by atoms with Gasteiger partial charge in [0.25, 0.3) is 0 Å². The quantitative estimate of drug-likeness (QED) is 0.933. The fraction of sp³-hybridized carbons (Fsp3) is 0.500. The topological polar surface area (TPSA) is 46.3 Å². The average Bonchev–Trinajstić information content (AvgIpc) is 2.38. The summed E-state index contributed by atoms with van der Waals surface area (Å²) in [5, 5.41) is 0.675. The van der Waals surface area contributed by atoms with Crippen LogP contribution in [0.3, 0.4) is 0 Å². The number of hydrogen-bond acceptors (Lipinski definition) is 2. The molecule has 0 spiro atoms. The number of hydrogen-bond donors (Lipinski definition) is 1. The van der Waals surface area contributed by atoms with Gasteiger partial charge in [0.2, 0.25) is 5.91 Å². The SMILES string of the molecule is Cl.NCC1CCCCN1C(=O)Cc1cccc(Cl)c1. The van der Waals surface area contributed by atoms with Gasteiger partial charge in [-0.25, -0.2) is 0 Å². The molecule has 3 nitrogen and oxygen atoms in total. The van der Waals surface area contributed by atoms with E-state index < -0.39 is 0 Å². The maximum Gasteiger partial charge on any atom is 0.227 e. The zero-order valence-corrected chi connectivity index (χ0v) is 12.4. The second-order valence-corrected chi connectivity index (χ2v) is 5.22. The largest absolute Gasteiger partial charge is 0.338 e. The van der Waals surface area contributed by atoms with E-state index in [0.29, 0.717) is 18.0 Å². The standard InChI is InChI=1S/C14H19ClN2O.ClH/c15-12-5-3-4-11(8-12)9-14(18)17-7-2-1-6-13(17)10-16;/h3-5,8,13H,1-2,6-7,9-10,16H2;1H. The highest BCUT2D eigenvalue weighted by molar-refractivity contribution is 6.30. The Kier molecular flexibility index (Phi) is 6.63. The summed E-state index contributed by atoms with van der Waals surface area (Å²) in [7, 11) is 0. The Labute approximate surface area is 125 Å². The van der Waals surface area contributed by atoms with Crippen molar-refractivity contribution < 1.29 is 4.79 Å². The van der Waals surface area contributed by atoms with E-state index in [9.17, 15) is 4.79 Å². The molecule has 19 heavy (non-hydrogen) atoms. The van der Waals surface area contributed by atoms with Crippen molar-refractivity contribution in [1.29, 1.82) is 0 Å². The van der Waals surface area contributed by atoms with Crippen molar-refractivity contribution in [3.8, 4) is 0 Å². The molecule has 1 fully saturated rings. The molecule has 2 N–H and O–H groups in total. The van der Waals surface area contributed by atoms with Crippen molar-refractivity contribution in [2.24, 2.45) is 5.73 Å². The van der Waals surface area contributed by atoms with E-state index in [2.05, 4.69) is 0 Å². The number of piperidine rings is 1. The molecule has 0 radical (unpaired) electrons. The van der Waals surface area contributed by atoms with E-state index in [1.165, 1.54) is 6.42 Å². The van der Waals surface area contributed by atoms with Crippen molar-refractivity contribution >= 4 is 29.9 Å². The van der Waals surface area contributed by atoms with Crippen LogP contribution in [0.25, 0.3) is 0 Å². The predicted molar refractivity (Wildman–Crippen MR) is 80.8 cm³/mol. The van der Waals surface area contributed by atoms with Gasteiger partial charge in [-0.15, -0.1) is 12.4 Å². The normalized spacial score (nSPS) is 18.8. The Morgan fingerprint density at radius 3 is 2.89 bits per heavy atom. The first-order valence-corrected chi connectivity index (χ1v) is 6.82. The molecule has 1 amide bonds. The lowest BCUT2D eigenvalue weighted by Crippen LogP contribution is -2.48. The summed E-state index contributed by atoms with van der Waals surface area (Å²) < 4.78 is 0. The van der Waals surface area contributed by atoms with Gasteiger partial charge in [0.15, 0.2) is 0 Å². The maximum atomic E-state index is 12.3. The summed E-state index contributed by atoms with van der Waals surface area (Å²) in [6, 6.07) is 7.69. The van der Waals surface area contributed by atoms with Crippen LogP contribution in [0.15, 0.2) is 24.3 Å². The van der Waals surface area contributed by atoms with Crippen molar-refractivity contribution in [2.45, 2.75) is 31.7 Å². The zero-order chi connectivity index (χ0) is 13.0. The molecule has 1 aliphatic heterocycles. The van der Waals surface area contributed by atoms with E-state index in [0.717, 1.165) is 24.9 Å². The van der Waals surface area contributed by atoms with Crippen molar-refractivity contribution in [1.82, 2.24) is 4.90 Å². The molecule has 1 heterocycles. The molecule has 1 aromatic rings. The molecule has 1 saturated heterocycles. The third kappa shape index (κ3) is 4.37. The average molecular weight is 303 g/mol. The Balaban J connectivity index is 0.00000180. The van der Waals surface area contributed by atoms with Gasteiger partial charge >= 0.3 is 0 Å². The van der Waals surface area contributed by atoms with Gasteiger partial charge < -0.3 is 10.6 Å². The van der Waals surface area contributed by atoms with E-state index in [1.54, 1.807) is 0 Å². The second-order valence-electron chi connectivity index (χ2n) is 4.78. The fourth-order valence-electron chi connectivity index (χ4n) is 2.50. The van der Waals surface area contributed by atoms with Crippen LogP contribution in [-0.4, -0.2) is 29.9 Å². The van der Waals surface area contributed by atoms with Gasteiger partial charge in [0.1, 0.15) is 0 Å². The molecule has 0 bridgehead atoms.